The lowest BCUT2D eigenvalue weighted by Crippen LogP contribution is -2.44. The van der Waals surface area contributed by atoms with Gasteiger partial charge in [-0.1, -0.05) is 35.9 Å². The number of rotatable bonds is 3. The van der Waals surface area contributed by atoms with Crippen molar-refractivity contribution in [1.82, 2.24) is 10.2 Å². The summed E-state index contributed by atoms with van der Waals surface area (Å²) in [6, 6.07) is 9.14. The number of piperazine rings is 1. The average molecular weight is 216 g/mol. The van der Waals surface area contributed by atoms with Crippen LogP contribution in [0.25, 0.3) is 0 Å². The molecule has 1 aliphatic heterocycles. The maximum Gasteiger partial charge on any atom is 0.0529 e. The molecule has 1 aromatic carbocycles. The van der Waals surface area contributed by atoms with Crippen LogP contribution >= 0.6 is 0 Å². The zero-order valence-electron chi connectivity index (χ0n) is 9.95. The Morgan fingerprint density at radius 2 is 1.88 bits per heavy atom. The van der Waals surface area contributed by atoms with Crippen LogP contribution in [0.5, 0.6) is 0 Å². The van der Waals surface area contributed by atoms with Gasteiger partial charge in [-0.25, -0.2) is 0 Å². The van der Waals surface area contributed by atoms with Gasteiger partial charge in [-0.05, 0) is 12.5 Å². The van der Waals surface area contributed by atoms with Crippen molar-refractivity contribution >= 4 is 0 Å². The van der Waals surface area contributed by atoms with E-state index in [2.05, 4.69) is 54.1 Å². The van der Waals surface area contributed by atoms with E-state index < -0.39 is 0 Å². The third kappa shape index (κ3) is 2.52. The molecule has 0 radical (unpaired) electrons. The number of aryl methyl sites for hydroxylation is 1. The van der Waals surface area contributed by atoms with Gasteiger partial charge in [0, 0.05) is 26.2 Å². The third-order valence-corrected chi connectivity index (χ3v) is 3.19. The molecule has 1 fully saturated rings. The van der Waals surface area contributed by atoms with Gasteiger partial charge in [0.15, 0.2) is 0 Å². The number of nitrogens with zero attached hydrogens (tertiary/aromatic N) is 1. The van der Waals surface area contributed by atoms with Crippen LogP contribution in [0, 0.1) is 6.92 Å². The zero-order valence-corrected chi connectivity index (χ0v) is 9.95. The fourth-order valence-corrected chi connectivity index (χ4v) is 2.22. The van der Waals surface area contributed by atoms with Crippen molar-refractivity contribution in [3.8, 4) is 0 Å². The van der Waals surface area contributed by atoms with E-state index in [1.54, 1.807) is 0 Å². The molecule has 0 amide bonds. The predicted molar refractivity (Wildman–Crippen MR) is 68.6 cm³/mol. The summed E-state index contributed by atoms with van der Waals surface area (Å²) in [5, 5.41) is 3.38. The van der Waals surface area contributed by atoms with Crippen LogP contribution in [-0.4, -0.2) is 31.1 Å². The van der Waals surface area contributed by atoms with Gasteiger partial charge in [-0.15, -0.1) is 6.58 Å². The van der Waals surface area contributed by atoms with E-state index in [1.807, 2.05) is 0 Å². The highest BCUT2D eigenvalue weighted by Gasteiger charge is 2.18. The van der Waals surface area contributed by atoms with E-state index in [0.29, 0.717) is 6.04 Å². The van der Waals surface area contributed by atoms with Gasteiger partial charge in [0.1, 0.15) is 0 Å². The second-order valence-electron chi connectivity index (χ2n) is 4.38. The first kappa shape index (κ1) is 11.4. The molecule has 2 rings (SSSR count). The third-order valence-electron chi connectivity index (χ3n) is 3.19. The predicted octanol–water partition coefficient (Wildman–Crippen LogP) is 2.13. The van der Waals surface area contributed by atoms with Crippen molar-refractivity contribution in [2.75, 3.05) is 26.2 Å². The molecule has 16 heavy (non-hydrogen) atoms. The van der Waals surface area contributed by atoms with Crippen molar-refractivity contribution in [2.45, 2.75) is 13.0 Å². The molecule has 1 aromatic rings. The van der Waals surface area contributed by atoms with E-state index in [0.717, 1.165) is 26.2 Å². The van der Waals surface area contributed by atoms with E-state index in [4.69, 9.17) is 0 Å². The smallest absolute Gasteiger partial charge is 0.0529 e. The van der Waals surface area contributed by atoms with Gasteiger partial charge in [0.05, 0.1) is 6.04 Å². The topological polar surface area (TPSA) is 15.3 Å². The summed E-state index contributed by atoms with van der Waals surface area (Å²) in [7, 11) is 0. The summed E-state index contributed by atoms with van der Waals surface area (Å²) in [5.41, 5.74) is 2.66. The van der Waals surface area contributed by atoms with Gasteiger partial charge in [-0.3, -0.25) is 4.90 Å². The summed E-state index contributed by atoms with van der Waals surface area (Å²) < 4.78 is 0. The Bertz CT molecular complexity index is 336. The standard InChI is InChI=1S/C14H20N2/c1-3-14(16-10-8-15-9-11-16)13-6-4-12(2)5-7-13/h3-7,14-15H,1,8-11H2,2H3/t14-/m0/s1. The first-order valence-electron chi connectivity index (χ1n) is 5.95. The molecule has 1 heterocycles. The molecule has 1 saturated heterocycles. The molecule has 86 valence electrons. The first-order valence-corrected chi connectivity index (χ1v) is 5.95. The fourth-order valence-electron chi connectivity index (χ4n) is 2.22. The normalized spacial score (nSPS) is 19.3. The Morgan fingerprint density at radius 1 is 1.25 bits per heavy atom. The van der Waals surface area contributed by atoms with Gasteiger partial charge in [0.25, 0.3) is 0 Å². The van der Waals surface area contributed by atoms with Crippen LogP contribution in [0.4, 0.5) is 0 Å². The van der Waals surface area contributed by atoms with Gasteiger partial charge in [0.2, 0.25) is 0 Å². The lowest BCUT2D eigenvalue weighted by atomic mass is 10.0. The molecule has 0 spiro atoms. The highest BCUT2D eigenvalue weighted by Crippen LogP contribution is 2.22. The minimum atomic E-state index is 0.364. The molecule has 0 bridgehead atoms. The van der Waals surface area contributed by atoms with Crippen molar-refractivity contribution in [1.29, 1.82) is 0 Å². The summed E-state index contributed by atoms with van der Waals surface area (Å²) >= 11 is 0. The Hall–Kier alpha value is -1.12. The van der Waals surface area contributed by atoms with Crippen LogP contribution in [0.3, 0.4) is 0 Å². The van der Waals surface area contributed by atoms with Crippen molar-refractivity contribution in [2.24, 2.45) is 0 Å². The quantitative estimate of drug-likeness (QED) is 0.779. The van der Waals surface area contributed by atoms with Crippen molar-refractivity contribution in [3.63, 3.8) is 0 Å². The molecule has 0 unspecified atom stereocenters. The molecule has 0 aromatic heterocycles. The Labute approximate surface area is 98.0 Å². The summed E-state index contributed by atoms with van der Waals surface area (Å²) in [6.45, 7) is 10.5. The maximum absolute atomic E-state index is 3.97. The van der Waals surface area contributed by atoms with Crippen molar-refractivity contribution < 1.29 is 0 Å². The zero-order chi connectivity index (χ0) is 11.4. The number of nitrogens with one attached hydrogen (secondary N) is 1. The monoisotopic (exact) mass is 216 g/mol. The molecule has 1 atom stereocenters. The average Bonchev–Trinajstić information content (AvgIpc) is 2.34. The minimum Gasteiger partial charge on any atom is -0.314 e. The Balaban J connectivity index is 2.14. The first-order chi connectivity index (χ1) is 7.81. The lowest BCUT2D eigenvalue weighted by molar-refractivity contribution is 0.203. The Kier molecular flexibility index (Phi) is 3.75. The number of hydrogen-bond acceptors (Lipinski definition) is 2. The van der Waals surface area contributed by atoms with Crippen LogP contribution < -0.4 is 5.32 Å². The highest BCUT2D eigenvalue weighted by atomic mass is 15.2. The molecule has 2 heteroatoms. The molecular formula is C14H20N2. The van der Waals surface area contributed by atoms with Crippen LogP contribution in [-0.2, 0) is 0 Å². The minimum absolute atomic E-state index is 0.364. The largest absolute Gasteiger partial charge is 0.314 e. The van der Waals surface area contributed by atoms with Crippen LogP contribution in [0.1, 0.15) is 17.2 Å². The van der Waals surface area contributed by atoms with Gasteiger partial charge < -0.3 is 5.32 Å². The lowest BCUT2D eigenvalue weighted by Gasteiger charge is -2.33. The van der Waals surface area contributed by atoms with E-state index in [9.17, 15) is 0 Å². The Morgan fingerprint density at radius 3 is 2.44 bits per heavy atom. The fraction of sp³-hybridized carbons (Fsp3) is 0.429. The molecule has 0 aliphatic carbocycles. The second-order valence-corrected chi connectivity index (χ2v) is 4.38. The molecular weight excluding hydrogens is 196 g/mol. The molecule has 2 nitrogen and oxygen atoms in total. The highest BCUT2D eigenvalue weighted by molar-refractivity contribution is 5.26. The summed E-state index contributed by atoms with van der Waals surface area (Å²) in [5.74, 6) is 0. The molecule has 1 aliphatic rings. The van der Waals surface area contributed by atoms with Gasteiger partial charge >= 0.3 is 0 Å². The number of hydrogen-bond donors (Lipinski definition) is 1. The second kappa shape index (κ2) is 5.28. The van der Waals surface area contributed by atoms with E-state index >= 15 is 0 Å². The molecule has 0 saturated carbocycles. The van der Waals surface area contributed by atoms with Crippen molar-refractivity contribution in [3.05, 3.63) is 48.0 Å². The maximum atomic E-state index is 3.97. The van der Waals surface area contributed by atoms with Crippen LogP contribution in [0.2, 0.25) is 0 Å². The SMILES string of the molecule is C=C[C@@H](c1ccc(C)cc1)N1CCNCC1. The van der Waals surface area contributed by atoms with E-state index in [-0.39, 0.29) is 0 Å². The van der Waals surface area contributed by atoms with E-state index in [1.165, 1.54) is 11.1 Å². The van der Waals surface area contributed by atoms with Gasteiger partial charge in [-0.2, -0.15) is 0 Å². The molecule has 1 N–H and O–H groups in total. The van der Waals surface area contributed by atoms with Crippen LogP contribution in [0.15, 0.2) is 36.9 Å². The summed E-state index contributed by atoms with van der Waals surface area (Å²) in [6.07, 6.45) is 2.05. The summed E-state index contributed by atoms with van der Waals surface area (Å²) in [4.78, 5) is 2.48. The number of benzene rings is 1.